The number of nitrogens with zero attached hydrogens (tertiary/aromatic N) is 1. The van der Waals surface area contributed by atoms with Gasteiger partial charge < -0.3 is 14.8 Å². The number of likely N-dealkylation sites (N-methyl/N-ethyl adjacent to an activating group) is 1. The number of rotatable bonds is 6. The lowest BCUT2D eigenvalue weighted by atomic mass is 9.94. The number of nitrogens with one attached hydrogen (secondary N) is 1. The van der Waals surface area contributed by atoms with E-state index in [1.54, 1.807) is 31.2 Å². The summed E-state index contributed by atoms with van der Waals surface area (Å²) in [5.74, 6) is -0.592. The highest BCUT2D eigenvalue weighted by molar-refractivity contribution is 6.32. The van der Waals surface area contributed by atoms with E-state index in [1.807, 2.05) is 0 Å². The van der Waals surface area contributed by atoms with E-state index in [0.29, 0.717) is 22.0 Å². The summed E-state index contributed by atoms with van der Waals surface area (Å²) in [6, 6.07) is 11.2. The van der Waals surface area contributed by atoms with Crippen LogP contribution in [0.2, 0.25) is 5.02 Å². The van der Waals surface area contributed by atoms with Gasteiger partial charge in [-0.1, -0.05) is 35.9 Å². The molecule has 2 aromatic rings. The van der Waals surface area contributed by atoms with Gasteiger partial charge in [-0.2, -0.15) is 0 Å². The van der Waals surface area contributed by atoms with Gasteiger partial charge in [-0.25, -0.2) is 14.0 Å². The molecule has 0 saturated carbocycles. The summed E-state index contributed by atoms with van der Waals surface area (Å²) in [5.41, 5.74) is 1.10. The van der Waals surface area contributed by atoms with Gasteiger partial charge in [-0.15, -0.1) is 0 Å². The Balaban J connectivity index is 2.04. The average molecular weight is 419 g/mol. The van der Waals surface area contributed by atoms with Crippen molar-refractivity contribution in [3.8, 4) is 5.75 Å². The Morgan fingerprint density at radius 1 is 1.21 bits per heavy atom. The van der Waals surface area contributed by atoms with Crippen LogP contribution in [0.3, 0.4) is 0 Å². The zero-order chi connectivity index (χ0) is 21.0. The summed E-state index contributed by atoms with van der Waals surface area (Å²) in [6.07, 6.45) is 0. The maximum absolute atomic E-state index is 13.4. The van der Waals surface area contributed by atoms with Gasteiger partial charge in [0.2, 0.25) is 0 Å². The third kappa shape index (κ3) is 4.51. The van der Waals surface area contributed by atoms with Crippen LogP contribution in [0.1, 0.15) is 18.5 Å². The van der Waals surface area contributed by atoms with Crippen molar-refractivity contribution in [3.63, 3.8) is 0 Å². The smallest absolute Gasteiger partial charge is 0.338 e. The average Bonchev–Trinajstić information content (AvgIpc) is 2.70. The van der Waals surface area contributed by atoms with E-state index in [-0.39, 0.29) is 18.8 Å². The van der Waals surface area contributed by atoms with Crippen LogP contribution in [0, 0.1) is 5.82 Å². The minimum atomic E-state index is -0.803. The molecular formula is C21H20ClFN2O4. The molecule has 0 saturated heterocycles. The van der Waals surface area contributed by atoms with Crippen molar-refractivity contribution >= 4 is 23.6 Å². The van der Waals surface area contributed by atoms with E-state index in [2.05, 4.69) is 5.32 Å². The first-order valence-corrected chi connectivity index (χ1v) is 9.37. The van der Waals surface area contributed by atoms with Crippen molar-refractivity contribution in [2.75, 3.05) is 20.3 Å². The van der Waals surface area contributed by atoms with Gasteiger partial charge in [0.15, 0.2) is 0 Å². The van der Waals surface area contributed by atoms with Crippen LogP contribution >= 0.6 is 11.6 Å². The molecule has 1 heterocycles. The van der Waals surface area contributed by atoms with E-state index < -0.39 is 23.9 Å². The molecule has 0 fully saturated rings. The lowest BCUT2D eigenvalue weighted by Crippen LogP contribution is -2.48. The van der Waals surface area contributed by atoms with Gasteiger partial charge in [0, 0.05) is 7.05 Å². The number of hydrogen-bond acceptors (Lipinski definition) is 4. The maximum atomic E-state index is 13.4. The van der Waals surface area contributed by atoms with Crippen LogP contribution in [0.25, 0.3) is 0 Å². The number of amides is 2. The number of para-hydroxylation sites is 1. The van der Waals surface area contributed by atoms with Gasteiger partial charge in [-0.3, -0.25) is 4.90 Å². The standard InChI is InChI=1S/C21H20ClFN2O4/c1-3-28-20(26)18-16(12-29-17-7-5-4-6-15(17)22)25(2)21(27)24-19(18)13-8-10-14(23)11-9-13/h4-11,19H,3,12H2,1-2H3,(H,24,27)/t19-/m0/s1. The summed E-state index contributed by atoms with van der Waals surface area (Å²) in [4.78, 5) is 26.6. The lowest BCUT2D eigenvalue weighted by molar-refractivity contribution is -0.139. The number of carbonyl (C=O) groups excluding carboxylic acids is 2. The van der Waals surface area contributed by atoms with Crippen molar-refractivity contribution in [2.45, 2.75) is 13.0 Å². The number of benzene rings is 2. The fraction of sp³-hybridized carbons (Fsp3) is 0.238. The lowest BCUT2D eigenvalue weighted by Gasteiger charge is -2.34. The Morgan fingerprint density at radius 2 is 1.90 bits per heavy atom. The molecule has 0 spiro atoms. The molecule has 0 bridgehead atoms. The summed E-state index contributed by atoms with van der Waals surface area (Å²) < 4.78 is 24.4. The summed E-state index contributed by atoms with van der Waals surface area (Å²) >= 11 is 6.13. The second-order valence-corrected chi connectivity index (χ2v) is 6.70. The summed E-state index contributed by atoms with van der Waals surface area (Å²) in [6.45, 7) is 1.77. The topological polar surface area (TPSA) is 67.9 Å². The van der Waals surface area contributed by atoms with Crippen LogP contribution in [0.15, 0.2) is 59.8 Å². The Kier molecular flexibility index (Phi) is 6.39. The van der Waals surface area contributed by atoms with Crippen LogP contribution in [0.5, 0.6) is 5.75 Å². The first-order chi connectivity index (χ1) is 13.9. The third-order valence-electron chi connectivity index (χ3n) is 4.48. The second kappa shape index (κ2) is 8.96. The Labute approximate surface area is 172 Å². The van der Waals surface area contributed by atoms with E-state index in [0.717, 1.165) is 0 Å². The fourth-order valence-electron chi connectivity index (χ4n) is 2.99. The Morgan fingerprint density at radius 3 is 2.55 bits per heavy atom. The predicted molar refractivity (Wildman–Crippen MR) is 106 cm³/mol. The largest absolute Gasteiger partial charge is 0.486 e. The summed E-state index contributed by atoms with van der Waals surface area (Å²) in [7, 11) is 1.53. The molecule has 2 amide bonds. The SMILES string of the molecule is CCOC(=O)C1=C(COc2ccccc2Cl)N(C)C(=O)N[C@H]1c1ccc(F)cc1. The summed E-state index contributed by atoms with van der Waals surface area (Å²) in [5, 5.41) is 3.16. The molecule has 2 aromatic carbocycles. The van der Waals surface area contributed by atoms with E-state index in [9.17, 15) is 14.0 Å². The highest BCUT2D eigenvalue weighted by atomic mass is 35.5. The molecule has 0 aromatic heterocycles. The first kappa shape index (κ1) is 20.7. The van der Waals surface area contributed by atoms with Crippen molar-refractivity contribution in [3.05, 3.63) is 76.2 Å². The number of urea groups is 1. The molecule has 1 aliphatic heterocycles. The first-order valence-electron chi connectivity index (χ1n) is 8.99. The molecule has 0 unspecified atom stereocenters. The van der Waals surface area contributed by atoms with E-state index >= 15 is 0 Å². The number of carbonyl (C=O) groups is 2. The van der Waals surface area contributed by atoms with Gasteiger partial charge >= 0.3 is 12.0 Å². The highest BCUT2D eigenvalue weighted by Crippen LogP contribution is 2.32. The van der Waals surface area contributed by atoms with Crippen molar-refractivity contribution in [1.29, 1.82) is 0 Å². The van der Waals surface area contributed by atoms with Gasteiger partial charge in [0.1, 0.15) is 18.2 Å². The minimum absolute atomic E-state index is 0.0838. The molecule has 0 aliphatic carbocycles. The number of esters is 1. The van der Waals surface area contributed by atoms with Crippen LogP contribution in [-0.2, 0) is 9.53 Å². The molecule has 8 heteroatoms. The number of halogens is 2. The Bertz CT molecular complexity index is 946. The molecule has 1 N–H and O–H groups in total. The quantitative estimate of drug-likeness (QED) is 0.718. The van der Waals surface area contributed by atoms with Crippen LogP contribution in [0.4, 0.5) is 9.18 Å². The zero-order valence-electron chi connectivity index (χ0n) is 15.9. The monoisotopic (exact) mass is 418 g/mol. The molecule has 1 atom stereocenters. The fourth-order valence-corrected chi connectivity index (χ4v) is 3.18. The van der Waals surface area contributed by atoms with Crippen LogP contribution in [-0.4, -0.2) is 37.2 Å². The van der Waals surface area contributed by atoms with Crippen molar-refractivity contribution in [2.24, 2.45) is 0 Å². The van der Waals surface area contributed by atoms with E-state index in [4.69, 9.17) is 21.1 Å². The minimum Gasteiger partial charge on any atom is -0.486 e. The van der Waals surface area contributed by atoms with Crippen LogP contribution < -0.4 is 10.1 Å². The van der Waals surface area contributed by atoms with Gasteiger partial charge in [0.05, 0.1) is 28.9 Å². The molecule has 29 heavy (non-hydrogen) atoms. The van der Waals surface area contributed by atoms with Gasteiger partial charge in [-0.05, 0) is 36.8 Å². The predicted octanol–water partition coefficient (Wildman–Crippen LogP) is 4.07. The van der Waals surface area contributed by atoms with Crippen molar-refractivity contribution < 1.29 is 23.5 Å². The molecule has 6 nitrogen and oxygen atoms in total. The van der Waals surface area contributed by atoms with Crippen molar-refractivity contribution in [1.82, 2.24) is 10.2 Å². The maximum Gasteiger partial charge on any atom is 0.338 e. The second-order valence-electron chi connectivity index (χ2n) is 6.29. The molecule has 3 rings (SSSR count). The van der Waals surface area contributed by atoms with E-state index in [1.165, 1.54) is 36.2 Å². The number of hydrogen-bond donors (Lipinski definition) is 1. The molecular weight excluding hydrogens is 399 g/mol. The molecule has 0 radical (unpaired) electrons. The molecule has 152 valence electrons. The highest BCUT2D eigenvalue weighted by Gasteiger charge is 2.37. The molecule has 1 aliphatic rings. The van der Waals surface area contributed by atoms with Gasteiger partial charge in [0.25, 0.3) is 0 Å². The number of ether oxygens (including phenoxy) is 2. The Hall–Kier alpha value is -3.06. The normalized spacial score (nSPS) is 16.5. The third-order valence-corrected chi connectivity index (χ3v) is 4.79. The zero-order valence-corrected chi connectivity index (χ0v) is 16.7.